The number of benzene rings is 3. The van der Waals surface area contributed by atoms with Gasteiger partial charge in [0.2, 0.25) is 0 Å². The lowest BCUT2D eigenvalue weighted by molar-refractivity contribution is 0.479. The maximum Gasteiger partial charge on any atom is 0.131 e. The first kappa shape index (κ1) is 15.4. The molecule has 0 atom stereocenters. The van der Waals surface area contributed by atoms with Gasteiger partial charge in [-0.3, -0.25) is 0 Å². The minimum atomic E-state index is 0.358. The summed E-state index contributed by atoms with van der Waals surface area (Å²) < 4.78 is 0. The Bertz CT molecular complexity index is 855. The third-order valence-electron chi connectivity index (χ3n) is 4.46. The van der Waals surface area contributed by atoms with Gasteiger partial charge in [0.05, 0.1) is 0 Å². The number of para-hydroxylation sites is 1. The molecular weight excluding hydrogens is 280 g/mol. The molecule has 0 fully saturated rings. The van der Waals surface area contributed by atoms with E-state index in [2.05, 4.69) is 64.1 Å². The number of phenols is 1. The summed E-state index contributed by atoms with van der Waals surface area (Å²) in [6.45, 7) is 8.36. The summed E-state index contributed by atoms with van der Waals surface area (Å²) in [4.78, 5) is 0. The van der Waals surface area contributed by atoms with E-state index in [4.69, 9.17) is 0 Å². The molecule has 3 aromatic carbocycles. The van der Waals surface area contributed by atoms with Gasteiger partial charge in [-0.25, -0.2) is 0 Å². The summed E-state index contributed by atoms with van der Waals surface area (Å²) in [6.07, 6.45) is 0. The van der Waals surface area contributed by atoms with Crippen LogP contribution in [0.5, 0.6) is 5.75 Å². The second-order valence-electron chi connectivity index (χ2n) is 6.29. The van der Waals surface area contributed by atoms with E-state index in [1.54, 1.807) is 0 Å². The van der Waals surface area contributed by atoms with Gasteiger partial charge in [0, 0.05) is 11.1 Å². The molecule has 1 nitrogen and oxygen atoms in total. The molecule has 1 heteroatoms. The van der Waals surface area contributed by atoms with Crippen LogP contribution in [-0.2, 0) is 0 Å². The fourth-order valence-corrected chi connectivity index (χ4v) is 3.32. The summed E-state index contributed by atoms with van der Waals surface area (Å²) in [5.41, 5.74) is 8.77. The van der Waals surface area contributed by atoms with Crippen LogP contribution in [0.25, 0.3) is 22.3 Å². The molecule has 0 aromatic heterocycles. The number of aromatic hydroxyl groups is 1. The largest absolute Gasteiger partial charge is 0.507 e. The van der Waals surface area contributed by atoms with E-state index in [1.807, 2.05) is 18.2 Å². The molecule has 0 heterocycles. The normalized spacial score (nSPS) is 10.8. The molecule has 116 valence electrons. The molecule has 0 bridgehead atoms. The van der Waals surface area contributed by atoms with Crippen molar-refractivity contribution in [2.75, 3.05) is 0 Å². The molecule has 0 spiro atoms. The molecule has 0 saturated carbocycles. The quantitative estimate of drug-likeness (QED) is 0.619. The van der Waals surface area contributed by atoms with E-state index in [0.29, 0.717) is 5.75 Å². The van der Waals surface area contributed by atoms with Crippen LogP contribution in [0.3, 0.4) is 0 Å². The van der Waals surface area contributed by atoms with Crippen LogP contribution in [0.2, 0.25) is 0 Å². The lowest BCUT2D eigenvalue weighted by Crippen LogP contribution is -1.91. The Morgan fingerprint density at radius 1 is 0.609 bits per heavy atom. The zero-order valence-corrected chi connectivity index (χ0v) is 14.1. The SMILES string of the molecule is Cc1ccc(-c2cccc(-c3c(C)cccc3C)c2O)c(C)c1. The fourth-order valence-electron chi connectivity index (χ4n) is 3.32. The summed E-state index contributed by atoms with van der Waals surface area (Å²) in [5, 5.41) is 10.9. The third kappa shape index (κ3) is 2.75. The molecule has 0 unspecified atom stereocenters. The maximum atomic E-state index is 10.9. The van der Waals surface area contributed by atoms with E-state index >= 15 is 0 Å². The van der Waals surface area contributed by atoms with Gasteiger partial charge < -0.3 is 5.11 Å². The zero-order chi connectivity index (χ0) is 16.6. The van der Waals surface area contributed by atoms with Crippen LogP contribution in [0.1, 0.15) is 22.3 Å². The van der Waals surface area contributed by atoms with Crippen molar-refractivity contribution in [1.82, 2.24) is 0 Å². The fraction of sp³-hybridized carbons (Fsp3) is 0.182. The van der Waals surface area contributed by atoms with E-state index < -0.39 is 0 Å². The molecule has 1 N–H and O–H groups in total. The van der Waals surface area contributed by atoms with E-state index in [9.17, 15) is 5.11 Å². The summed E-state index contributed by atoms with van der Waals surface area (Å²) in [7, 11) is 0. The molecule has 0 radical (unpaired) electrons. The average Bonchev–Trinajstić information content (AvgIpc) is 2.49. The van der Waals surface area contributed by atoms with Crippen LogP contribution in [0, 0.1) is 27.7 Å². The predicted octanol–water partition coefficient (Wildman–Crippen LogP) is 5.96. The highest BCUT2D eigenvalue weighted by Gasteiger charge is 2.15. The standard InChI is InChI=1S/C22H22O/c1-14-11-12-18(17(4)13-14)19-9-6-10-20(22(19)23)21-15(2)7-5-8-16(21)3/h5-13,23H,1-4H3. The van der Waals surface area contributed by atoms with E-state index in [-0.39, 0.29) is 0 Å². The Morgan fingerprint density at radius 2 is 1.22 bits per heavy atom. The van der Waals surface area contributed by atoms with Crippen LogP contribution in [-0.4, -0.2) is 5.11 Å². The topological polar surface area (TPSA) is 20.2 Å². The zero-order valence-electron chi connectivity index (χ0n) is 14.1. The maximum absolute atomic E-state index is 10.9. The third-order valence-corrected chi connectivity index (χ3v) is 4.46. The summed E-state index contributed by atoms with van der Waals surface area (Å²) in [5.74, 6) is 0.358. The number of rotatable bonds is 2. The first-order valence-corrected chi connectivity index (χ1v) is 7.95. The van der Waals surface area contributed by atoms with Crippen LogP contribution in [0.4, 0.5) is 0 Å². The van der Waals surface area contributed by atoms with Crippen molar-refractivity contribution in [3.63, 3.8) is 0 Å². The Labute approximate surface area is 138 Å². The lowest BCUT2D eigenvalue weighted by Gasteiger charge is -2.15. The van der Waals surface area contributed by atoms with Crippen molar-refractivity contribution in [1.29, 1.82) is 0 Å². The Hall–Kier alpha value is -2.54. The molecule has 0 saturated heterocycles. The highest BCUT2D eigenvalue weighted by atomic mass is 16.3. The molecule has 0 aliphatic rings. The van der Waals surface area contributed by atoms with Crippen molar-refractivity contribution >= 4 is 0 Å². The molecule has 3 aromatic rings. The Balaban J connectivity index is 2.24. The van der Waals surface area contributed by atoms with Gasteiger partial charge in [-0.1, -0.05) is 60.2 Å². The molecule has 0 amide bonds. The minimum absolute atomic E-state index is 0.358. The monoisotopic (exact) mass is 302 g/mol. The van der Waals surface area contributed by atoms with E-state index in [0.717, 1.165) is 22.3 Å². The number of hydrogen-bond donors (Lipinski definition) is 1. The number of phenolic OH excluding ortho intramolecular Hbond substituents is 1. The first-order chi connectivity index (χ1) is 11.0. The first-order valence-electron chi connectivity index (χ1n) is 7.95. The van der Waals surface area contributed by atoms with E-state index in [1.165, 1.54) is 22.3 Å². The van der Waals surface area contributed by atoms with Crippen LogP contribution >= 0.6 is 0 Å². The highest BCUT2D eigenvalue weighted by molar-refractivity contribution is 5.85. The van der Waals surface area contributed by atoms with Gasteiger partial charge in [0.25, 0.3) is 0 Å². The second-order valence-corrected chi connectivity index (χ2v) is 6.29. The average molecular weight is 302 g/mol. The highest BCUT2D eigenvalue weighted by Crippen LogP contribution is 2.41. The second kappa shape index (κ2) is 5.92. The van der Waals surface area contributed by atoms with Crippen molar-refractivity contribution < 1.29 is 5.11 Å². The van der Waals surface area contributed by atoms with Gasteiger partial charge in [0.1, 0.15) is 5.75 Å². The van der Waals surface area contributed by atoms with Crippen molar-refractivity contribution in [3.05, 3.63) is 76.9 Å². The Morgan fingerprint density at radius 3 is 1.87 bits per heavy atom. The smallest absolute Gasteiger partial charge is 0.131 e. The van der Waals surface area contributed by atoms with Crippen LogP contribution in [0.15, 0.2) is 54.6 Å². The van der Waals surface area contributed by atoms with Gasteiger partial charge in [-0.15, -0.1) is 0 Å². The molecular formula is C22H22O. The summed E-state index contributed by atoms with van der Waals surface area (Å²) in [6, 6.07) is 18.6. The van der Waals surface area contributed by atoms with Gasteiger partial charge in [-0.05, 0) is 55.5 Å². The molecule has 0 aliphatic heterocycles. The lowest BCUT2D eigenvalue weighted by atomic mass is 9.90. The van der Waals surface area contributed by atoms with Crippen molar-refractivity contribution in [2.45, 2.75) is 27.7 Å². The van der Waals surface area contributed by atoms with Gasteiger partial charge in [-0.2, -0.15) is 0 Å². The van der Waals surface area contributed by atoms with Crippen molar-refractivity contribution in [2.24, 2.45) is 0 Å². The molecule has 3 rings (SSSR count). The van der Waals surface area contributed by atoms with Gasteiger partial charge >= 0.3 is 0 Å². The van der Waals surface area contributed by atoms with Crippen LogP contribution < -0.4 is 0 Å². The predicted molar refractivity (Wildman–Crippen MR) is 97.9 cm³/mol. The summed E-state index contributed by atoms with van der Waals surface area (Å²) >= 11 is 0. The number of aryl methyl sites for hydroxylation is 4. The minimum Gasteiger partial charge on any atom is -0.507 e. The number of hydrogen-bond acceptors (Lipinski definition) is 1. The van der Waals surface area contributed by atoms with Crippen molar-refractivity contribution in [3.8, 4) is 28.0 Å². The van der Waals surface area contributed by atoms with Gasteiger partial charge in [0.15, 0.2) is 0 Å². The Kier molecular flexibility index (Phi) is 3.96. The molecule has 0 aliphatic carbocycles. The molecule has 23 heavy (non-hydrogen) atoms.